The molecule has 0 N–H and O–H groups in total. The van der Waals surface area contributed by atoms with E-state index in [1.807, 2.05) is 40.1 Å². The molecule has 2 fully saturated rings. The highest BCUT2D eigenvalue weighted by Crippen LogP contribution is 2.35. The number of halogens is 1. The van der Waals surface area contributed by atoms with Gasteiger partial charge in [-0.25, -0.2) is 0 Å². The van der Waals surface area contributed by atoms with Crippen LogP contribution >= 0.6 is 11.6 Å². The summed E-state index contributed by atoms with van der Waals surface area (Å²) in [6.45, 7) is 4.70. The second-order valence-electron chi connectivity index (χ2n) is 9.62. The molecule has 1 atom stereocenters. The molecule has 2 amide bonds. The highest BCUT2D eigenvalue weighted by atomic mass is 35.5. The fourth-order valence-electron chi connectivity index (χ4n) is 4.74. The summed E-state index contributed by atoms with van der Waals surface area (Å²) in [6, 6.07) is 16.6. The lowest BCUT2D eigenvalue weighted by Gasteiger charge is -2.43. The number of piperazine rings is 1. The largest absolute Gasteiger partial charge is 0.493 e. The van der Waals surface area contributed by atoms with Gasteiger partial charge in [0.15, 0.2) is 6.61 Å². The first-order valence-corrected chi connectivity index (χ1v) is 12.6. The Morgan fingerprint density at radius 2 is 1.54 bits per heavy atom. The van der Waals surface area contributed by atoms with Crippen molar-refractivity contribution in [3.05, 3.63) is 59.6 Å². The van der Waals surface area contributed by atoms with Crippen molar-refractivity contribution in [3.8, 4) is 11.5 Å². The molecule has 7 nitrogen and oxygen atoms in total. The first-order valence-electron chi connectivity index (χ1n) is 12.2. The first-order chi connectivity index (χ1) is 16.9. The van der Waals surface area contributed by atoms with Gasteiger partial charge < -0.3 is 24.2 Å². The summed E-state index contributed by atoms with van der Waals surface area (Å²) in [5.41, 5.74) is -0.440. The third-order valence-corrected chi connectivity index (χ3v) is 7.11. The minimum atomic E-state index is -0.440. The van der Waals surface area contributed by atoms with E-state index in [0.717, 1.165) is 44.8 Å². The molecule has 4 rings (SSSR count). The van der Waals surface area contributed by atoms with E-state index in [2.05, 4.69) is 11.9 Å². The van der Waals surface area contributed by atoms with E-state index < -0.39 is 5.41 Å². The number of piperidine rings is 1. The van der Waals surface area contributed by atoms with Gasteiger partial charge in [0.1, 0.15) is 11.5 Å². The van der Waals surface area contributed by atoms with Crippen LogP contribution in [0.2, 0.25) is 5.02 Å². The predicted octanol–water partition coefficient (Wildman–Crippen LogP) is 3.57. The van der Waals surface area contributed by atoms with Crippen molar-refractivity contribution in [3.63, 3.8) is 0 Å². The third-order valence-electron chi connectivity index (χ3n) is 6.86. The summed E-state index contributed by atoms with van der Waals surface area (Å²) < 4.78 is 11.9. The van der Waals surface area contributed by atoms with Crippen LogP contribution in [0.5, 0.6) is 11.5 Å². The van der Waals surface area contributed by atoms with E-state index in [9.17, 15) is 9.59 Å². The lowest BCUT2D eigenvalue weighted by Crippen LogP contribution is -2.53. The first kappa shape index (κ1) is 25.3. The maximum atomic E-state index is 13.3. The van der Waals surface area contributed by atoms with Crippen LogP contribution in [0.15, 0.2) is 54.6 Å². The van der Waals surface area contributed by atoms with Gasteiger partial charge in [-0.3, -0.25) is 9.59 Å². The van der Waals surface area contributed by atoms with Crippen LogP contribution < -0.4 is 9.47 Å². The van der Waals surface area contributed by atoms with E-state index in [-0.39, 0.29) is 18.4 Å². The van der Waals surface area contributed by atoms with E-state index in [1.54, 1.807) is 24.3 Å². The van der Waals surface area contributed by atoms with Gasteiger partial charge in [0.05, 0.1) is 6.61 Å². The fraction of sp³-hybridized carbons (Fsp3) is 0.481. The highest BCUT2D eigenvalue weighted by Gasteiger charge is 2.41. The molecule has 8 heteroatoms. The van der Waals surface area contributed by atoms with Crippen LogP contribution in [-0.4, -0.2) is 86.0 Å². The Kier molecular flexibility index (Phi) is 8.52. The zero-order chi connectivity index (χ0) is 24.7. The van der Waals surface area contributed by atoms with Gasteiger partial charge in [0.25, 0.3) is 5.91 Å². The second kappa shape index (κ2) is 11.8. The van der Waals surface area contributed by atoms with Crippen LogP contribution in [0.1, 0.15) is 19.3 Å². The fourth-order valence-corrected chi connectivity index (χ4v) is 4.87. The van der Waals surface area contributed by atoms with Crippen molar-refractivity contribution in [2.45, 2.75) is 19.3 Å². The summed E-state index contributed by atoms with van der Waals surface area (Å²) in [6.07, 6.45) is 2.02. The average molecular weight is 500 g/mol. The lowest BCUT2D eigenvalue weighted by atomic mass is 9.77. The van der Waals surface area contributed by atoms with Crippen LogP contribution in [0, 0.1) is 5.41 Å². The van der Waals surface area contributed by atoms with E-state index in [1.165, 1.54) is 0 Å². The summed E-state index contributed by atoms with van der Waals surface area (Å²) >= 11 is 5.93. The van der Waals surface area contributed by atoms with Gasteiger partial charge in [-0.05, 0) is 56.3 Å². The molecule has 2 saturated heterocycles. The molecule has 0 bridgehead atoms. The van der Waals surface area contributed by atoms with Gasteiger partial charge in [-0.1, -0.05) is 29.8 Å². The molecule has 2 heterocycles. The number of rotatable bonds is 8. The summed E-state index contributed by atoms with van der Waals surface area (Å²) in [5, 5.41) is 0.618. The second-order valence-corrected chi connectivity index (χ2v) is 10.1. The summed E-state index contributed by atoms with van der Waals surface area (Å²) in [7, 11) is 2.08. The van der Waals surface area contributed by atoms with Crippen molar-refractivity contribution < 1.29 is 19.1 Å². The molecule has 2 aromatic carbocycles. The Morgan fingerprint density at radius 1 is 0.857 bits per heavy atom. The topological polar surface area (TPSA) is 62.3 Å². The average Bonchev–Trinajstić information content (AvgIpc) is 2.88. The molecule has 2 aromatic rings. The van der Waals surface area contributed by atoms with Crippen molar-refractivity contribution in [2.24, 2.45) is 5.41 Å². The monoisotopic (exact) mass is 499 g/mol. The molecule has 0 unspecified atom stereocenters. The molecule has 35 heavy (non-hydrogen) atoms. The Balaban J connectivity index is 1.43. The van der Waals surface area contributed by atoms with E-state index in [4.69, 9.17) is 21.1 Å². The Bertz CT molecular complexity index is 980. The number of ether oxygens (including phenoxy) is 2. The number of likely N-dealkylation sites (N-methyl/N-ethyl adjacent to an activating group) is 1. The Labute approximate surface area is 212 Å². The van der Waals surface area contributed by atoms with Gasteiger partial charge in [-0.2, -0.15) is 0 Å². The molecule has 0 aromatic heterocycles. The predicted molar refractivity (Wildman–Crippen MR) is 136 cm³/mol. The molecular formula is C27H34ClN3O4. The molecule has 2 aliphatic rings. The van der Waals surface area contributed by atoms with Crippen LogP contribution in [0.4, 0.5) is 0 Å². The summed E-state index contributed by atoms with van der Waals surface area (Å²) in [5.74, 6) is 1.43. The number of likely N-dealkylation sites (tertiary alicyclic amines) is 1. The number of amides is 2. The number of carbonyl (C=O) groups is 2. The van der Waals surface area contributed by atoms with E-state index >= 15 is 0 Å². The molecular weight excluding hydrogens is 466 g/mol. The minimum Gasteiger partial charge on any atom is -0.493 e. The minimum absolute atomic E-state index is 0.0519. The lowest BCUT2D eigenvalue weighted by molar-refractivity contribution is -0.143. The van der Waals surface area contributed by atoms with Gasteiger partial charge in [0, 0.05) is 56.1 Å². The number of hydrogen-bond donors (Lipinski definition) is 0. The van der Waals surface area contributed by atoms with Crippen LogP contribution in [0.3, 0.4) is 0 Å². The smallest absolute Gasteiger partial charge is 0.260 e. The number of hydrogen-bond acceptors (Lipinski definition) is 5. The Morgan fingerprint density at radius 3 is 2.26 bits per heavy atom. The standard InChI is InChI=1S/C27H34ClN3O4/c1-29-14-16-30(17-15-29)25(32)18-27(21-35-23-6-3-2-4-7-23)12-5-13-31(20-27)26(33)19-34-24-10-8-22(28)9-11-24/h2-4,6-11H,5,12-21H2,1H3/t27-/m0/s1. The quantitative estimate of drug-likeness (QED) is 0.555. The molecule has 0 spiro atoms. The maximum Gasteiger partial charge on any atom is 0.260 e. The maximum absolute atomic E-state index is 13.3. The van der Waals surface area contributed by atoms with E-state index in [0.29, 0.717) is 36.9 Å². The Hall–Kier alpha value is -2.77. The molecule has 188 valence electrons. The highest BCUT2D eigenvalue weighted by molar-refractivity contribution is 6.30. The van der Waals surface area contributed by atoms with Crippen LogP contribution in [0.25, 0.3) is 0 Å². The number of nitrogens with zero attached hydrogens (tertiary/aromatic N) is 3. The van der Waals surface area contributed by atoms with Gasteiger partial charge in [-0.15, -0.1) is 0 Å². The number of carbonyl (C=O) groups excluding carboxylic acids is 2. The normalized spacial score (nSPS) is 21.0. The van der Waals surface area contributed by atoms with Gasteiger partial charge in [0.2, 0.25) is 5.91 Å². The zero-order valence-corrected chi connectivity index (χ0v) is 21.1. The number of benzene rings is 2. The SMILES string of the molecule is CN1CCN(C(=O)C[C@@]2(COc3ccccc3)CCCN(C(=O)COc3ccc(Cl)cc3)C2)CC1. The zero-order valence-electron chi connectivity index (χ0n) is 20.3. The van der Waals surface area contributed by atoms with Crippen molar-refractivity contribution in [1.82, 2.24) is 14.7 Å². The number of para-hydroxylation sites is 1. The molecule has 0 radical (unpaired) electrons. The summed E-state index contributed by atoms with van der Waals surface area (Å²) in [4.78, 5) is 32.4. The van der Waals surface area contributed by atoms with Crippen LogP contribution in [-0.2, 0) is 9.59 Å². The van der Waals surface area contributed by atoms with Gasteiger partial charge >= 0.3 is 0 Å². The molecule has 0 aliphatic carbocycles. The molecule has 2 aliphatic heterocycles. The van der Waals surface area contributed by atoms with Crippen molar-refractivity contribution in [1.29, 1.82) is 0 Å². The van der Waals surface area contributed by atoms with Crippen molar-refractivity contribution in [2.75, 3.05) is 59.5 Å². The third kappa shape index (κ3) is 7.12. The van der Waals surface area contributed by atoms with Crippen molar-refractivity contribution >= 4 is 23.4 Å². The molecule has 0 saturated carbocycles.